The number of rotatable bonds is 7. The summed E-state index contributed by atoms with van der Waals surface area (Å²) < 4.78 is 67.8. The van der Waals surface area contributed by atoms with Crippen molar-refractivity contribution in [1.82, 2.24) is 19.9 Å². The number of alkyl halides is 3. The van der Waals surface area contributed by atoms with Crippen molar-refractivity contribution in [2.24, 2.45) is 5.92 Å². The molecule has 33 heavy (non-hydrogen) atoms. The molecule has 3 aromatic heterocycles. The van der Waals surface area contributed by atoms with Gasteiger partial charge in [-0.2, -0.15) is 18.3 Å². The van der Waals surface area contributed by atoms with Crippen LogP contribution in [0.5, 0.6) is 5.75 Å². The molecule has 2 amide bonds. The molecule has 174 valence electrons. The van der Waals surface area contributed by atoms with Crippen LogP contribution in [0, 0.1) is 5.92 Å². The molecule has 0 spiro atoms. The van der Waals surface area contributed by atoms with Gasteiger partial charge in [-0.1, -0.05) is 0 Å². The number of ether oxygens (including phenoxy) is 1. The highest BCUT2D eigenvalue weighted by molar-refractivity contribution is 6.02. The molecular weight excluding hydrogens is 441 g/mol. The Labute approximate surface area is 190 Å². The van der Waals surface area contributed by atoms with Crippen LogP contribution in [0.1, 0.15) is 32.9 Å². The molecule has 0 atom stereocenters. The number of amides is 2. The summed E-state index contributed by atoms with van der Waals surface area (Å²) in [6.45, 7) is -2.78. The van der Waals surface area contributed by atoms with Crippen molar-refractivity contribution in [3.63, 3.8) is 0 Å². The van der Waals surface area contributed by atoms with E-state index in [0.717, 1.165) is 19.0 Å². The Bertz CT molecular complexity index is 1320. The van der Waals surface area contributed by atoms with Crippen LogP contribution in [0.15, 0.2) is 30.7 Å². The number of carbonyl (C=O) groups is 2. The lowest BCUT2D eigenvalue weighted by atomic mass is 10.1. The highest BCUT2D eigenvalue weighted by atomic mass is 19.4. The normalized spacial score (nSPS) is 15.3. The van der Waals surface area contributed by atoms with E-state index < -0.39 is 25.5 Å². The van der Waals surface area contributed by atoms with Gasteiger partial charge in [-0.15, -0.1) is 0 Å². The third-order valence-electron chi connectivity index (χ3n) is 5.04. The number of aromatic nitrogens is 3. The first-order chi connectivity index (χ1) is 16.8. The van der Waals surface area contributed by atoms with Gasteiger partial charge >= 0.3 is 6.18 Å². The molecule has 0 saturated heterocycles. The summed E-state index contributed by atoms with van der Waals surface area (Å²) in [7, 11) is 1.22. The second-order valence-corrected chi connectivity index (χ2v) is 7.48. The zero-order chi connectivity index (χ0) is 26.3. The molecule has 0 unspecified atom stereocenters. The van der Waals surface area contributed by atoms with Crippen molar-refractivity contribution in [3.05, 3.63) is 41.9 Å². The smallest absolute Gasteiger partial charge is 0.393 e. The number of pyridine rings is 2. The maximum Gasteiger partial charge on any atom is 0.393 e. The van der Waals surface area contributed by atoms with Gasteiger partial charge in [0.1, 0.15) is 17.1 Å². The SMILES string of the molecule is [2H]C([2H])([2H])NC(=O)c1cnc(NC(=O)C2CC2)cc1Nc1cnn2ccc(CC(F)(F)F)c(OC)c12. The summed E-state index contributed by atoms with van der Waals surface area (Å²) in [5.74, 6) is -1.34. The molecule has 1 aliphatic rings. The number of methoxy groups -OCH3 is 1. The fourth-order valence-electron chi connectivity index (χ4n) is 3.36. The van der Waals surface area contributed by atoms with Crippen LogP contribution in [-0.4, -0.2) is 46.7 Å². The zero-order valence-corrected chi connectivity index (χ0v) is 17.3. The third-order valence-corrected chi connectivity index (χ3v) is 5.04. The summed E-state index contributed by atoms with van der Waals surface area (Å²) in [6.07, 6.45) is -0.500. The van der Waals surface area contributed by atoms with Gasteiger partial charge in [-0.05, 0) is 18.9 Å². The number of hydrogen-bond acceptors (Lipinski definition) is 6. The van der Waals surface area contributed by atoms with Gasteiger partial charge < -0.3 is 20.7 Å². The van der Waals surface area contributed by atoms with Gasteiger partial charge in [0.15, 0.2) is 0 Å². The van der Waals surface area contributed by atoms with Gasteiger partial charge in [0.05, 0.1) is 36.7 Å². The standard InChI is InChI=1S/C21H21F3N6O3/c1-25-20(32)13-9-26-16(29-19(31)11-3-4-11)7-14(13)28-15-10-27-30-6-5-12(8-21(22,23)24)18(33-2)17(15)30/h5-7,9-11H,3-4,8H2,1-2H3,(H,25,32)(H2,26,28,29,31)/i1D3. The lowest BCUT2D eigenvalue weighted by molar-refractivity contribution is -0.127. The second kappa shape index (κ2) is 8.60. The molecule has 3 N–H and O–H groups in total. The first-order valence-electron chi connectivity index (χ1n) is 11.3. The third kappa shape index (κ3) is 4.83. The molecule has 9 nitrogen and oxygen atoms in total. The largest absolute Gasteiger partial charge is 0.494 e. The van der Waals surface area contributed by atoms with E-state index in [0.29, 0.717) is 0 Å². The second-order valence-electron chi connectivity index (χ2n) is 7.48. The van der Waals surface area contributed by atoms with Crippen LogP contribution in [0.25, 0.3) is 5.52 Å². The molecule has 4 rings (SSSR count). The fourth-order valence-corrected chi connectivity index (χ4v) is 3.36. The van der Waals surface area contributed by atoms with Crippen LogP contribution in [0.4, 0.5) is 30.4 Å². The van der Waals surface area contributed by atoms with Crippen LogP contribution in [0.3, 0.4) is 0 Å². The minimum absolute atomic E-state index is 0.0380. The Morgan fingerprint density at radius 2 is 2.09 bits per heavy atom. The van der Waals surface area contributed by atoms with Gasteiger partial charge in [0, 0.05) is 41.0 Å². The molecule has 0 aromatic carbocycles. The average Bonchev–Trinajstić information content (AvgIpc) is 3.54. The summed E-state index contributed by atoms with van der Waals surface area (Å²) in [5.41, 5.74) is 0.0520. The highest BCUT2D eigenvalue weighted by Gasteiger charge is 2.31. The lowest BCUT2D eigenvalue weighted by Gasteiger charge is -2.15. The first kappa shape index (κ1) is 18.7. The molecule has 0 aliphatic heterocycles. The molecular formula is C21H21F3N6O3. The van der Waals surface area contributed by atoms with Crippen LogP contribution < -0.4 is 20.7 Å². The maximum atomic E-state index is 13.1. The number of fused-ring (bicyclic) bond motifs is 1. The molecule has 3 heterocycles. The van der Waals surface area contributed by atoms with Gasteiger partial charge in [-0.25, -0.2) is 9.50 Å². The Hall–Kier alpha value is -3.83. The van der Waals surface area contributed by atoms with Crippen molar-refractivity contribution in [1.29, 1.82) is 0 Å². The van der Waals surface area contributed by atoms with Gasteiger partial charge in [0.2, 0.25) is 5.91 Å². The molecule has 1 fully saturated rings. The van der Waals surface area contributed by atoms with E-state index in [2.05, 4.69) is 20.7 Å². The molecule has 12 heteroatoms. The average molecular weight is 465 g/mol. The molecule has 0 radical (unpaired) electrons. The predicted molar refractivity (Wildman–Crippen MR) is 114 cm³/mol. The number of nitrogens with one attached hydrogen (secondary N) is 3. The van der Waals surface area contributed by atoms with Crippen LogP contribution >= 0.6 is 0 Å². The van der Waals surface area contributed by atoms with Gasteiger partial charge in [-0.3, -0.25) is 9.59 Å². The number of nitrogens with zero attached hydrogens (tertiary/aromatic N) is 3. The summed E-state index contributed by atoms with van der Waals surface area (Å²) in [6, 6.07) is 2.56. The van der Waals surface area contributed by atoms with Crippen molar-refractivity contribution in [3.8, 4) is 5.75 Å². The van der Waals surface area contributed by atoms with Gasteiger partial charge in [0.25, 0.3) is 5.91 Å². The Kier molecular flexibility index (Phi) is 4.88. The highest BCUT2D eigenvalue weighted by Crippen LogP contribution is 2.36. The van der Waals surface area contributed by atoms with Crippen molar-refractivity contribution >= 4 is 34.5 Å². The van der Waals surface area contributed by atoms with Crippen LogP contribution in [0.2, 0.25) is 0 Å². The fraction of sp³-hybridized carbons (Fsp3) is 0.333. The molecule has 3 aromatic rings. The Morgan fingerprint density at radius 1 is 1.30 bits per heavy atom. The summed E-state index contributed by atoms with van der Waals surface area (Å²) >= 11 is 0. The van der Waals surface area contributed by atoms with Crippen molar-refractivity contribution < 1.29 is 31.6 Å². The van der Waals surface area contributed by atoms with E-state index in [4.69, 9.17) is 8.85 Å². The summed E-state index contributed by atoms with van der Waals surface area (Å²) in [4.78, 5) is 28.9. The van der Waals surface area contributed by atoms with Crippen LogP contribution in [-0.2, 0) is 11.2 Å². The first-order valence-corrected chi connectivity index (χ1v) is 9.85. The molecule has 0 bridgehead atoms. The Morgan fingerprint density at radius 3 is 2.76 bits per heavy atom. The van der Waals surface area contributed by atoms with E-state index in [-0.39, 0.29) is 51.4 Å². The monoisotopic (exact) mass is 465 g/mol. The minimum Gasteiger partial charge on any atom is -0.494 e. The molecule has 1 aliphatic carbocycles. The quantitative estimate of drug-likeness (QED) is 0.494. The van der Waals surface area contributed by atoms with E-state index in [9.17, 15) is 22.8 Å². The van der Waals surface area contributed by atoms with E-state index >= 15 is 0 Å². The minimum atomic E-state index is -4.49. The number of anilines is 3. The van der Waals surface area contributed by atoms with E-state index in [1.807, 2.05) is 5.32 Å². The lowest BCUT2D eigenvalue weighted by Crippen LogP contribution is -2.20. The number of hydrogen-bond donors (Lipinski definition) is 3. The number of halogens is 3. The van der Waals surface area contributed by atoms with Crippen molar-refractivity contribution in [2.75, 3.05) is 24.7 Å². The predicted octanol–water partition coefficient (Wildman–Crippen LogP) is 3.29. The zero-order valence-electron chi connectivity index (χ0n) is 20.3. The summed E-state index contributed by atoms with van der Waals surface area (Å²) in [5, 5.41) is 11.5. The Balaban J connectivity index is 1.76. The topological polar surface area (TPSA) is 110 Å². The van der Waals surface area contributed by atoms with Crippen molar-refractivity contribution in [2.45, 2.75) is 25.4 Å². The maximum absolute atomic E-state index is 13.1. The molecule has 1 saturated carbocycles. The number of carbonyl (C=O) groups excluding carboxylic acids is 2. The van der Waals surface area contributed by atoms with E-state index in [1.54, 1.807) is 0 Å². The van der Waals surface area contributed by atoms with E-state index in [1.165, 1.54) is 36.2 Å².